The third kappa shape index (κ3) is 3.52. The zero-order valence-electron chi connectivity index (χ0n) is 25.3. The molecule has 0 saturated heterocycles. The molecule has 14 heteroatoms. The summed E-state index contributed by atoms with van der Waals surface area (Å²) in [6.45, 7) is 0. The maximum absolute atomic E-state index is 9.75. The zero-order valence-corrected chi connectivity index (χ0v) is 27.1. The van der Waals surface area contributed by atoms with Crippen molar-refractivity contribution in [2.45, 2.75) is 0 Å². The van der Waals surface area contributed by atoms with Gasteiger partial charge in [0.05, 0.1) is 15.9 Å². The number of benzene rings is 6. The molecule has 0 fully saturated rings. The number of hydrogen-bond donors (Lipinski definition) is 0. The standard InChI is InChI=1S/C36H18NO6P2.BF4/c1-7-19-31-20(8-1)39-22-10-3-12-24-33(22)44(31,32-21(38-19)9-2-11-23(32)40-24)37-45-34-25-13-4-14-26(34)42-28-16-6-18-30(36(28)45)43-29-17-5-15-27(41-25)35(29)45;2-1(3,4)5/h1-18H;/q+1;-1. The predicted molar refractivity (Wildman–Crippen MR) is 183 cm³/mol. The Hall–Kier alpha value is -5.44. The van der Waals surface area contributed by atoms with Crippen LogP contribution in [0.1, 0.15) is 0 Å². The predicted octanol–water partition coefficient (Wildman–Crippen LogP) is 9.01. The molecule has 244 valence electrons. The first-order valence-corrected chi connectivity index (χ1v) is 19.0. The van der Waals surface area contributed by atoms with Crippen LogP contribution in [0, 0.1) is 0 Å². The van der Waals surface area contributed by atoms with Crippen molar-refractivity contribution in [2.75, 3.05) is 0 Å². The molecule has 0 N–H and O–H groups in total. The molecular weight excluding hydrogens is 691 g/mol. The van der Waals surface area contributed by atoms with Crippen LogP contribution in [0.3, 0.4) is 0 Å². The number of rotatable bonds is 1. The van der Waals surface area contributed by atoms with E-state index in [1.807, 2.05) is 109 Å². The molecule has 0 spiro atoms. The van der Waals surface area contributed by atoms with E-state index in [-0.39, 0.29) is 0 Å². The first-order chi connectivity index (χ1) is 24.2. The van der Waals surface area contributed by atoms with Gasteiger partial charge in [0.1, 0.15) is 41.6 Å². The van der Waals surface area contributed by atoms with Gasteiger partial charge in [-0.25, -0.2) is 0 Å². The SMILES string of the molecule is F[B-](F)(F)F.c1cc2c3c(c1)Oc1cccc4c1P3(=N[P+]13c5c6cccc5Oc5cccc(c51)Oc1cccc(c13)O6)c1c(cccc1O4)O2. The summed E-state index contributed by atoms with van der Waals surface area (Å²) in [5.41, 5.74) is 0. The summed E-state index contributed by atoms with van der Waals surface area (Å²) in [4.78, 5) is 0. The van der Waals surface area contributed by atoms with Crippen molar-refractivity contribution in [1.29, 1.82) is 0 Å². The van der Waals surface area contributed by atoms with Crippen molar-refractivity contribution < 1.29 is 45.7 Å². The van der Waals surface area contributed by atoms with Gasteiger partial charge in [-0.2, -0.15) is 0 Å². The molecule has 0 aliphatic carbocycles. The van der Waals surface area contributed by atoms with Gasteiger partial charge >= 0.3 is 7.25 Å². The van der Waals surface area contributed by atoms with E-state index in [0.29, 0.717) is 0 Å². The van der Waals surface area contributed by atoms with E-state index in [1.54, 1.807) is 0 Å². The fourth-order valence-corrected chi connectivity index (χ4v) is 18.1. The Balaban J connectivity index is 0.000000564. The molecule has 12 rings (SSSR count). The highest BCUT2D eigenvalue weighted by Gasteiger charge is 2.67. The highest BCUT2D eigenvalue weighted by Crippen LogP contribution is 2.79. The van der Waals surface area contributed by atoms with Crippen molar-refractivity contribution in [1.82, 2.24) is 0 Å². The fourth-order valence-electron chi connectivity index (χ4n) is 7.77. The van der Waals surface area contributed by atoms with Crippen molar-refractivity contribution in [3.63, 3.8) is 0 Å². The second-order valence-corrected chi connectivity index (χ2v) is 18.0. The van der Waals surface area contributed by atoms with Crippen LogP contribution in [0.5, 0.6) is 69.0 Å². The van der Waals surface area contributed by atoms with Crippen LogP contribution in [0.25, 0.3) is 0 Å². The lowest BCUT2D eigenvalue weighted by Gasteiger charge is -2.44. The lowest BCUT2D eigenvalue weighted by molar-refractivity contribution is 0.368. The van der Waals surface area contributed by atoms with Crippen molar-refractivity contribution in [3.8, 4) is 69.0 Å². The average molecular weight is 709 g/mol. The second kappa shape index (κ2) is 9.41. The molecule has 0 unspecified atom stereocenters. The average Bonchev–Trinajstić information content (AvgIpc) is 3.08. The van der Waals surface area contributed by atoms with E-state index in [2.05, 4.69) is 0 Å². The number of hydrogen-bond acceptors (Lipinski definition) is 7. The van der Waals surface area contributed by atoms with Crippen LogP contribution in [0.2, 0.25) is 0 Å². The highest BCUT2D eigenvalue weighted by molar-refractivity contribution is 8.02. The van der Waals surface area contributed by atoms with E-state index in [0.717, 1.165) is 101 Å². The molecule has 0 atom stereocenters. The molecule has 0 aromatic heterocycles. The molecular formula is C36H18BF4NO6P2. The Labute approximate surface area is 281 Å². The normalized spacial score (nSPS) is 16.5. The quantitative estimate of drug-likeness (QED) is 0.0964. The van der Waals surface area contributed by atoms with Crippen LogP contribution >= 0.6 is 14.5 Å². The first kappa shape index (κ1) is 28.4. The van der Waals surface area contributed by atoms with Crippen LogP contribution in [0.4, 0.5) is 17.3 Å². The van der Waals surface area contributed by atoms with Crippen LogP contribution in [-0.2, 0) is 0 Å². The Kier molecular flexibility index (Phi) is 5.35. The summed E-state index contributed by atoms with van der Waals surface area (Å²) in [6.07, 6.45) is 0. The fraction of sp³-hybridized carbons (Fsp3) is 0. The van der Waals surface area contributed by atoms with Gasteiger partial charge < -0.3 is 45.7 Å². The molecule has 0 saturated carbocycles. The summed E-state index contributed by atoms with van der Waals surface area (Å²) in [6, 6.07) is 36.2. The Morgan fingerprint density at radius 1 is 0.380 bits per heavy atom. The minimum Gasteiger partial charge on any atom is -0.456 e. The maximum atomic E-state index is 9.75. The first-order valence-electron chi connectivity index (χ1n) is 15.5. The van der Waals surface area contributed by atoms with Crippen LogP contribution < -0.4 is 60.2 Å². The molecule has 6 aromatic rings. The van der Waals surface area contributed by atoms with Gasteiger partial charge in [-0.3, -0.25) is 0 Å². The topological polar surface area (TPSA) is 67.7 Å². The summed E-state index contributed by atoms with van der Waals surface area (Å²) >= 11 is 0. The maximum Gasteiger partial charge on any atom is 0.673 e. The molecule has 50 heavy (non-hydrogen) atoms. The monoisotopic (exact) mass is 709 g/mol. The van der Waals surface area contributed by atoms with Crippen LogP contribution in [0.15, 0.2) is 114 Å². The largest absolute Gasteiger partial charge is 0.673 e. The number of halogens is 4. The second-order valence-electron chi connectivity index (χ2n) is 12.1. The molecule has 0 bridgehead atoms. The van der Waals surface area contributed by atoms with Gasteiger partial charge in [0, 0.05) is 0 Å². The van der Waals surface area contributed by atoms with E-state index >= 15 is 0 Å². The molecule has 6 aliphatic heterocycles. The molecule has 7 nitrogen and oxygen atoms in total. The summed E-state index contributed by atoms with van der Waals surface area (Å²) in [5.74, 6) is 9.00. The summed E-state index contributed by atoms with van der Waals surface area (Å²) in [7, 11) is -11.8. The van der Waals surface area contributed by atoms with Gasteiger partial charge in [0.25, 0.3) is 7.41 Å². The lowest BCUT2D eigenvalue weighted by atomic mass is 10.2. The number of ether oxygens (including phenoxy) is 6. The smallest absolute Gasteiger partial charge is 0.456 e. The highest BCUT2D eigenvalue weighted by atomic mass is 31.2. The van der Waals surface area contributed by atoms with E-state index in [1.165, 1.54) is 0 Å². The summed E-state index contributed by atoms with van der Waals surface area (Å²) < 4.78 is 85.5. The number of nitrogens with zero attached hydrogens (tertiary/aromatic N) is 1. The third-order valence-corrected chi connectivity index (χ3v) is 18.0. The van der Waals surface area contributed by atoms with E-state index in [4.69, 9.17) is 32.9 Å². The van der Waals surface area contributed by atoms with Gasteiger partial charge in [-0.05, 0) is 72.8 Å². The van der Waals surface area contributed by atoms with Crippen molar-refractivity contribution >= 4 is 53.5 Å². The van der Waals surface area contributed by atoms with Gasteiger partial charge in [0.15, 0.2) is 34.5 Å². The molecule has 6 heterocycles. The molecule has 6 aliphatic rings. The molecule has 6 aromatic carbocycles. The molecule has 0 amide bonds. The Morgan fingerprint density at radius 2 is 0.580 bits per heavy atom. The lowest BCUT2D eigenvalue weighted by Crippen LogP contribution is -2.44. The zero-order chi connectivity index (χ0) is 33.6. The third-order valence-electron chi connectivity index (χ3n) is 9.30. The van der Waals surface area contributed by atoms with E-state index < -0.39 is 21.7 Å². The van der Waals surface area contributed by atoms with E-state index in [9.17, 15) is 17.3 Å². The van der Waals surface area contributed by atoms with Crippen molar-refractivity contribution in [3.05, 3.63) is 109 Å². The van der Waals surface area contributed by atoms with Gasteiger partial charge in [-0.15, -0.1) is 4.52 Å². The molecule has 0 radical (unpaired) electrons. The minimum absolute atomic E-state index is 0.750. The Bertz CT molecular complexity index is 2220. The summed E-state index contributed by atoms with van der Waals surface area (Å²) in [5, 5.41) is 5.83. The van der Waals surface area contributed by atoms with Crippen LogP contribution in [-0.4, -0.2) is 7.25 Å². The van der Waals surface area contributed by atoms with Gasteiger partial charge in [0.2, 0.25) is 15.9 Å². The minimum atomic E-state index is -6.00. The Morgan fingerprint density at radius 3 is 0.820 bits per heavy atom. The van der Waals surface area contributed by atoms with Crippen molar-refractivity contribution in [2.24, 2.45) is 4.52 Å². The van der Waals surface area contributed by atoms with Gasteiger partial charge in [-0.1, -0.05) is 36.4 Å².